The predicted molar refractivity (Wildman–Crippen MR) is 53.8 cm³/mol. The van der Waals surface area contributed by atoms with Crippen molar-refractivity contribution in [2.24, 2.45) is 5.92 Å². The second kappa shape index (κ2) is 3.97. The molecule has 0 aromatic carbocycles. The summed E-state index contributed by atoms with van der Waals surface area (Å²) >= 11 is 0. The molecule has 4 atom stereocenters. The summed E-state index contributed by atoms with van der Waals surface area (Å²) < 4.78 is 5.59. The lowest BCUT2D eigenvalue weighted by Crippen LogP contribution is -2.54. The summed E-state index contributed by atoms with van der Waals surface area (Å²) in [4.78, 5) is 0. The zero-order chi connectivity index (χ0) is 9.26. The SMILES string of the molecule is COC1CC(C)NC2CCCCC21. The molecule has 0 amide bonds. The molecule has 1 saturated carbocycles. The molecule has 4 unspecified atom stereocenters. The van der Waals surface area contributed by atoms with Gasteiger partial charge in [-0.3, -0.25) is 0 Å². The lowest BCUT2D eigenvalue weighted by molar-refractivity contribution is -0.0164. The van der Waals surface area contributed by atoms with Crippen LogP contribution in [0.25, 0.3) is 0 Å². The molecule has 76 valence electrons. The number of nitrogens with one attached hydrogen (secondary N) is 1. The van der Waals surface area contributed by atoms with Crippen molar-refractivity contribution in [3.8, 4) is 0 Å². The molecule has 0 spiro atoms. The molecule has 2 fully saturated rings. The zero-order valence-electron chi connectivity index (χ0n) is 8.75. The first kappa shape index (κ1) is 9.47. The summed E-state index contributed by atoms with van der Waals surface area (Å²) in [5.74, 6) is 0.787. The maximum Gasteiger partial charge on any atom is 0.0629 e. The van der Waals surface area contributed by atoms with Gasteiger partial charge in [0.1, 0.15) is 0 Å². The van der Waals surface area contributed by atoms with Crippen LogP contribution in [0, 0.1) is 5.92 Å². The lowest BCUT2D eigenvalue weighted by atomic mass is 9.76. The highest BCUT2D eigenvalue weighted by molar-refractivity contribution is 4.93. The van der Waals surface area contributed by atoms with Crippen molar-refractivity contribution in [3.63, 3.8) is 0 Å². The Morgan fingerprint density at radius 1 is 1.23 bits per heavy atom. The van der Waals surface area contributed by atoms with Gasteiger partial charge in [0.25, 0.3) is 0 Å². The summed E-state index contributed by atoms with van der Waals surface area (Å²) in [5.41, 5.74) is 0. The minimum Gasteiger partial charge on any atom is -0.381 e. The summed E-state index contributed by atoms with van der Waals surface area (Å²) in [5, 5.41) is 3.70. The quantitative estimate of drug-likeness (QED) is 0.671. The standard InChI is InChI=1S/C11H21NO/c1-8-7-11(13-2)9-5-3-4-6-10(9)12-8/h8-12H,3-7H2,1-2H3. The number of ether oxygens (including phenoxy) is 1. The normalized spacial score (nSPS) is 45.7. The summed E-state index contributed by atoms with van der Waals surface area (Å²) in [6.45, 7) is 2.27. The van der Waals surface area contributed by atoms with Gasteiger partial charge < -0.3 is 10.1 Å². The van der Waals surface area contributed by atoms with E-state index in [0.29, 0.717) is 12.1 Å². The van der Waals surface area contributed by atoms with Crippen molar-refractivity contribution in [1.82, 2.24) is 5.32 Å². The smallest absolute Gasteiger partial charge is 0.0629 e. The fourth-order valence-corrected chi connectivity index (χ4v) is 3.04. The van der Waals surface area contributed by atoms with Crippen molar-refractivity contribution < 1.29 is 4.74 Å². The molecule has 1 aliphatic carbocycles. The van der Waals surface area contributed by atoms with Gasteiger partial charge >= 0.3 is 0 Å². The van der Waals surface area contributed by atoms with Gasteiger partial charge in [0.15, 0.2) is 0 Å². The van der Waals surface area contributed by atoms with Gasteiger partial charge in [0.05, 0.1) is 6.10 Å². The molecule has 13 heavy (non-hydrogen) atoms. The summed E-state index contributed by atoms with van der Waals surface area (Å²) in [6, 6.07) is 1.38. The Labute approximate surface area is 81.0 Å². The van der Waals surface area contributed by atoms with Crippen molar-refractivity contribution in [2.75, 3.05) is 7.11 Å². The van der Waals surface area contributed by atoms with E-state index in [2.05, 4.69) is 12.2 Å². The number of rotatable bonds is 1. The molecule has 1 heterocycles. The Morgan fingerprint density at radius 3 is 2.77 bits per heavy atom. The second-order valence-electron chi connectivity index (χ2n) is 4.63. The highest BCUT2D eigenvalue weighted by Crippen LogP contribution is 2.33. The van der Waals surface area contributed by atoms with E-state index in [9.17, 15) is 0 Å². The molecule has 0 aromatic rings. The van der Waals surface area contributed by atoms with Crippen LogP contribution in [0.15, 0.2) is 0 Å². The maximum atomic E-state index is 5.59. The first-order valence-electron chi connectivity index (χ1n) is 5.60. The Morgan fingerprint density at radius 2 is 2.00 bits per heavy atom. The molecule has 2 rings (SSSR count). The van der Waals surface area contributed by atoms with Gasteiger partial charge in [-0.05, 0) is 26.2 Å². The third kappa shape index (κ3) is 1.89. The van der Waals surface area contributed by atoms with Crippen LogP contribution in [0.4, 0.5) is 0 Å². The lowest BCUT2D eigenvalue weighted by Gasteiger charge is -2.44. The van der Waals surface area contributed by atoms with Gasteiger partial charge in [0, 0.05) is 25.1 Å². The molecule has 0 bridgehead atoms. The van der Waals surface area contributed by atoms with Crippen molar-refractivity contribution in [2.45, 2.75) is 57.2 Å². The molecule has 2 heteroatoms. The Kier molecular flexibility index (Phi) is 2.89. The van der Waals surface area contributed by atoms with E-state index in [0.717, 1.165) is 12.0 Å². The monoisotopic (exact) mass is 183 g/mol. The van der Waals surface area contributed by atoms with Crippen LogP contribution >= 0.6 is 0 Å². The van der Waals surface area contributed by atoms with E-state index in [1.165, 1.54) is 32.1 Å². The second-order valence-corrected chi connectivity index (χ2v) is 4.63. The van der Waals surface area contributed by atoms with Crippen LogP contribution in [0.2, 0.25) is 0 Å². The highest BCUT2D eigenvalue weighted by atomic mass is 16.5. The largest absolute Gasteiger partial charge is 0.381 e. The number of methoxy groups -OCH3 is 1. The topological polar surface area (TPSA) is 21.3 Å². The van der Waals surface area contributed by atoms with Crippen molar-refractivity contribution in [1.29, 1.82) is 0 Å². The van der Waals surface area contributed by atoms with E-state index < -0.39 is 0 Å². The Balaban J connectivity index is 2.02. The first-order chi connectivity index (χ1) is 6.31. The molecule has 2 nitrogen and oxygen atoms in total. The molecule has 0 radical (unpaired) electrons. The van der Waals surface area contributed by atoms with Gasteiger partial charge in [0.2, 0.25) is 0 Å². The van der Waals surface area contributed by atoms with Crippen LogP contribution in [0.3, 0.4) is 0 Å². The van der Waals surface area contributed by atoms with Crippen LogP contribution in [-0.4, -0.2) is 25.3 Å². The average molecular weight is 183 g/mol. The highest BCUT2D eigenvalue weighted by Gasteiger charge is 2.37. The zero-order valence-corrected chi connectivity index (χ0v) is 8.75. The molecule has 1 N–H and O–H groups in total. The van der Waals surface area contributed by atoms with Crippen LogP contribution in [-0.2, 0) is 4.74 Å². The molecule has 0 aromatic heterocycles. The van der Waals surface area contributed by atoms with Crippen LogP contribution in [0.5, 0.6) is 0 Å². The summed E-state index contributed by atoms with van der Waals surface area (Å²) in [7, 11) is 1.87. The summed E-state index contributed by atoms with van der Waals surface area (Å²) in [6.07, 6.45) is 7.23. The minimum absolute atomic E-state index is 0.515. The van der Waals surface area contributed by atoms with Gasteiger partial charge in [-0.1, -0.05) is 12.8 Å². The molecule has 1 saturated heterocycles. The third-order valence-corrected chi connectivity index (χ3v) is 3.68. The fraction of sp³-hybridized carbons (Fsp3) is 1.00. The molecular weight excluding hydrogens is 162 g/mol. The van der Waals surface area contributed by atoms with Crippen LogP contribution < -0.4 is 5.32 Å². The average Bonchev–Trinajstić information content (AvgIpc) is 2.16. The number of hydrogen-bond acceptors (Lipinski definition) is 2. The van der Waals surface area contributed by atoms with Gasteiger partial charge in [-0.2, -0.15) is 0 Å². The van der Waals surface area contributed by atoms with E-state index in [4.69, 9.17) is 4.74 Å². The van der Waals surface area contributed by atoms with E-state index >= 15 is 0 Å². The van der Waals surface area contributed by atoms with Gasteiger partial charge in [-0.15, -0.1) is 0 Å². The third-order valence-electron chi connectivity index (χ3n) is 3.68. The van der Waals surface area contributed by atoms with E-state index in [1.807, 2.05) is 7.11 Å². The molecular formula is C11H21NO. The van der Waals surface area contributed by atoms with Crippen molar-refractivity contribution in [3.05, 3.63) is 0 Å². The molecule has 2 aliphatic rings. The fourth-order valence-electron chi connectivity index (χ4n) is 3.04. The number of piperidine rings is 1. The molecule has 1 aliphatic heterocycles. The number of fused-ring (bicyclic) bond motifs is 1. The number of hydrogen-bond donors (Lipinski definition) is 1. The minimum atomic E-state index is 0.515. The maximum absolute atomic E-state index is 5.59. The Bertz CT molecular complexity index is 163. The predicted octanol–water partition coefficient (Wildman–Crippen LogP) is 1.94. The van der Waals surface area contributed by atoms with Crippen LogP contribution in [0.1, 0.15) is 39.0 Å². The van der Waals surface area contributed by atoms with Gasteiger partial charge in [-0.25, -0.2) is 0 Å². The van der Waals surface area contributed by atoms with Crippen molar-refractivity contribution >= 4 is 0 Å². The first-order valence-corrected chi connectivity index (χ1v) is 5.60. The Hall–Kier alpha value is -0.0800. The van der Waals surface area contributed by atoms with E-state index in [1.54, 1.807) is 0 Å². The van der Waals surface area contributed by atoms with E-state index in [-0.39, 0.29) is 0 Å².